The fourth-order valence-electron chi connectivity index (χ4n) is 3.77. The first-order chi connectivity index (χ1) is 15.1. The SMILES string of the molecule is CC(Nc1ncnc2cccnc12)c1cc2ccc(F)cn2c(=O)c1-c1ccccc1. The number of rotatable bonds is 4. The summed E-state index contributed by atoms with van der Waals surface area (Å²) in [6.45, 7) is 1.96. The number of hydrogen-bond donors (Lipinski definition) is 1. The highest BCUT2D eigenvalue weighted by molar-refractivity contribution is 5.84. The molecule has 0 amide bonds. The van der Waals surface area contributed by atoms with E-state index in [1.807, 2.05) is 55.5 Å². The van der Waals surface area contributed by atoms with Crippen LogP contribution in [-0.2, 0) is 0 Å². The second-order valence-electron chi connectivity index (χ2n) is 7.25. The minimum atomic E-state index is -0.467. The number of hydrogen-bond acceptors (Lipinski definition) is 5. The van der Waals surface area contributed by atoms with Gasteiger partial charge in [0.25, 0.3) is 5.56 Å². The Hall–Kier alpha value is -4.13. The smallest absolute Gasteiger partial charge is 0.263 e. The van der Waals surface area contributed by atoms with E-state index in [-0.39, 0.29) is 11.6 Å². The highest BCUT2D eigenvalue weighted by Crippen LogP contribution is 2.29. The van der Waals surface area contributed by atoms with Crippen LogP contribution in [0.2, 0.25) is 0 Å². The molecule has 4 heterocycles. The molecule has 0 spiro atoms. The summed E-state index contributed by atoms with van der Waals surface area (Å²) in [5, 5.41) is 3.38. The summed E-state index contributed by atoms with van der Waals surface area (Å²) < 4.78 is 15.2. The normalized spacial score (nSPS) is 12.2. The zero-order valence-electron chi connectivity index (χ0n) is 16.7. The molecule has 0 saturated carbocycles. The third kappa shape index (κ3) is 3.40. The van der Waals surface area contributed by atoms with Crippen LogP contribution in [0.5, 0.6) is 0 Å². The van der Waals surface area contributed by atoms with Crippen LogP contribution in [0.15, 0.2) is 84.2 Å². The predicted octanol–water partition coefficient (Wildman–Crippen LogP) is 4.62. The highest BCUT2D eigenvalue weighted by Gasteiger charge is 2.19. The predicted molar refractivity (Wildman–Crippen MR) is 118 cm³/mol. The zero-order valence-corrected chi connectivity index (χ0v) is 16.7. The first kappa shape index (κ1) is 18.9. The molecule has 6 nitrogen and oxygen atoms in total. The molecule has 31 heavy (non-hydrogen) atoms. The van der Waals surface area contributed by atoms with Crippen LogP contribution >= 0.6 is 0 Å². The van der Waals surface area contributed by atoms with Crippen molar-refractivity contribution in [3.8, 4) is 11.1 Å². The van der Waals surface area contributed by atoms with Gasteiger partial charge in [0.2, 0.25) is 0 Å². The molecule has 0 radical (unpaired) electrons. The largest absolute Gasteiger partial charge is 0.362 e. The first-order valence-electron chi connectivity index (χ1n) is 9.84. The number of anilines is 1. The standard InChI is InChI=1S/C24H18FN5O/c1-15(29-23-22-20(27-14-28-23)8-5-11-26-22)19-12-18-10-9-17(25)13-30(18)24(31)21(19)16-6-3-2-4-7-16/h2-15H,1H3,(H,27,28,29). The maximum absolute atomic E-state index is 13.9. The van der Waals surface area contributed by atoms with E-state index in [9.17, 15) is 9.18 Å². The van der Waals surface area contributed by atoms with E-state index in [0.29, 0.717) is 22.4 Å². The number of aromatic nitrogens is 4. The maximum atomic E-state index is 13.9. The Bertz CT molecular complexity index is 1460. The number of nitrogens with one attached hydrogen (secondary N) is 1. The Balaban J connectivity index is 1.69. The summed E-state index contributed by atoms with van der Waals surface area (Å²) in [7, 11) is 0. The Kier molecular flexibility index (Phi) is 4.63. The average Bonchev–Trinajstić information content (AvgIpc) is 2.80. The van der Waals surface area contributed by atoms with Gasteiger partial charge in [-0.05, 0) is 48.4 Å². The van der Waals surface area contributed by atoms with Crippen LogP contribution < -0.4 is 10.9 Å². The van der Waals surface area contributed by atoms with Gasteiger partial charge in [-0.15, -0.1) is 0 Å². The molecule has 1 aromatic carbocycles. The molecule has 1 unspecified atom stereocenters. The molecule has 0 aliphatic rings. The van der Waals surface area contributed by atoms with E-state index in [4.69, 9.17) is 0 Å². The lowest BCUT2D eigenvalue weighted by atomic mass is 9.96. The average molecular weight is 411 g/mol. The third-order valence-electron chi connectivity index (χ3n) is 5.25. The summed E-state index contributed by atoms with van der Waals surface area (Å²) in [5.74, 6) is 0.113. The number of halogens is 1. The van der Waals surface area contributed by atoms with E-state index in [2.05, 4.69) is 20.3 Å². The van der Waals surface area contributed by atoms with Gasteiger partial charge in [0.1, 0.15) is 17.7 Å². The molecule has 1 atom stereocenters. The van der Waals surface area contributed by atoms with E-state index >= 15 is 0 Å². The summed E-state index contributed by atoms with van der Waals surface area (Å²) in [6, 6.07) is 17.6. The summed E-state index contributed by atoms with van der Waals surface area (Å²) in [6.07, 6.45) is 4.39. The molecule has 0 aliphatic heterocycles. The Morgan fingerprint density at radius 2 is 1.84 bits per heavy atom. The van der Waals surface area contributed by atoms with Gasteiger partial charge in [-0.3, -0.25) is 14.2 Å². The van der Waals surface area contributed by atoms with Crippen molar-refractivity contribution in [3.05, 3.63) is 101 Å². The molecular weight excluding hydrogens is 393 g/mol. The minimum Gasteiger partial charge on any atom is -0.362 e. The fourth-order valence-corrected chi connectivity index (χ4v) is 3.77. The van der Waals surface area contributed by atoms with E-state index in [1.165, 1.54) is 23.0 Å². The summed E-state index contributed by atoms with van der Waals surface area (Å²) in [5.41, 5.74) is 3.76. The van der Waals surface area contributed by atoms with Gasteiger partial charge < -0.3 is 5.32 Å². The van der Waals surface area contributed by atoms with Gasteiger partial charge >= 0.3 is 0 Å². The minimum absolute atomic E-state index is 0.280. The van der Waals surface area contributed by atoms with Crippen molar-refractivity contribution in [1.82, 2.24) is 19.4 Å². The fraction of sp³-hybridized carbons (Fsp3) is 0.0833. The van der Waals surface area contributed by atoms with Gasteiger partial charge in [0, 0.05) is 17.9 Å². The van der Waals surface area contributed by atoms with Gasteiger partial charge in [0.05, 0.1) is 17.1 Å². The summed E-state index contributed by atoms with van der Waals surface area (Å²) in [4.78, 5) is 26.4. The second kappa shape index (κ2) is 7.60. The number of nitrogens with zero attached hydrogens (tertiary/aromatic N) is 4. The topological polar surface area (TPSA) is 72.2 Å². The molecule has 7 heteroatoms. The highest BCUT2D eigenvalue weighted by atomic mass is 19.1. The lowest BCUT2D eigenvalue weighted by Gasteiger charge is -2.20. The van der Waals surface area contributed by atoms with Crippen molar-refractivity contribution in [1.29, 1.82) is 0 Å². The van der Waals surface area contributed by atoms with E-state index in [0.717, 1.165) is 16.6 Å². The van der Waals surface area contributed by atoms with Gasteiger partial charge in [-0.1, -0.05) is 30.3 Å². The first-order valence-corrected chi connectivity index (χ1v) is 9.84. The van der Waals surface area contributed by atoms with Crippen molar-refractivity contribution in [3.63, 3.8) is 0 Å². The number of benzene rings is 1. The van der Waals surface area contributed by atoms with E-state index in [1.54, 1.807) is 12.3 Å². The van der Waals surface area contributed by atoms with Crippen molar-refractivity contribution in [2.45, 2.75) is 13.0 Å². The van der Waals surface area contributed by atoms with Crippen LogP contribution in [0.25, 0.3) is 27.7 Å². The van der Waals surface area contributed by atoms with Crippen molar-refractivity contribution in [2.75, 3.05) is 5.32 Å². The molecule has 1 N–H and O–H groups in total. The molecule has 0 fully saturated rings. The monoisotopic (exact) mass is 411 g/mol. The van der Waals surface area contributed by atoms with Crippen molar-refractivity contribution >= 4 is 22.4 Å². The van der Waals surface area contributed by atoms with Crippen LogP contribution in [0.4, 0.5) is 10.2 Å². The third-order valence-corrected chi connectivity index (χ3v) is 5.25. The van der Waals surface area contributed by atoms with Crippen molar-refractivity contribution in [2.24, 2.45) is 0 Å². The Labute approximate surface area is 177 Å². The summed E-state index contributed by atoms with van der Waals surface area (Å²) >= 11 is 0. The van der Waals surface area contributed by atoms with Gasteiger partial charge in [-0.2, -0.15) is 0 Å². The van der Waals surface area contributed by atoms with Gasteiger partial charge in [-0.25, -0.2) is 14.4 Å². The molecular formula is C24H18FN5O. The van der Waals surface area contributed by atoms with Crippen LogP contribution in [0.3, 0.4) is 0 Å². The van der Waals surface area contributed by atoms with Gasteiger partial charge in [0.15, 0.2) is 5.82 Å². The Morgan fingerprint density at radius 1 is 1.00 bits per heavy atom. The lowest BCUT2D eigenvalue weighted by Crippen LogP contribution is -2.21. The molecule has 5 rings (SSSR count). The molecule has 152 valence electrons. The maximum Gasteiger partial charge on any atom is 0.263 e. The molecule has 5 aromatic rings. The van der Waals surface area contributed by atoms with E-state index < -0.39 is 5.82 Å². The molecule has 0 saturated heterocycles. The van der Waals surface area contributed by atoms with Crippen LogP contribution in [-0.4, -0.2) is 19.4 Å². The quantitative estimate of drug-likeness (QED) is 0.467. The number of fused-ring (bicyclic) bond motifs is 2. The van der Waals surface area contributed by atoms with Crippen molar-refractivity contribution < 1.29 is 4.39 Å². The van der Waals surface area contributed by atoms with Crippen LogP contribution in [0.1, 0.15) is 18.5 Å². The number of pyridine rings is 3. The molecule has 0 aliphatic carbocycles. The lowest BCUT2D eigenvalue weighted by molar-refractivity contribution is 0.618. The zero-order chi connectivity index (χ0) is 21.4. The Morgan fingerprint density at radius 3 is 2.68 bits per heavy atom. The van der Waals surface area contributed by atoms with Crippen LogP contribution in [0, 0.1) is 5.82 Å². The second-order valence-corrected chi connectivity index (χ2v) is 7.25. The molecule has 4 aromatic heterocycles. The molecule has 0 bridgehead atoms.